The molecule has 0 unspecified atom stereocenters. The van der Waals surface area contributed by atoms with E-state index in [1.807, 2.05) is 13.0 Å². The number of hydrogen-bond donors (Lipinski definition) is 1. The van der Waals surface area contributed by atoms with Gasteiger partial charge in [-0.1, -0.05) is 46.6 Å². The fourth-order valence-electron chi connectivity index (χ4n) is 2.91. The number of halogens is 3. The van der Waals surface area contributed by atoms with Crippen LogP contribution in [0, 0.1) is 5.82 Å². The van der Waals surface area contributed by atoms with Crippen LogP contribution < -0.4 is 5.32 Å². The molecule has 148 valence electrons. The molecule has 1 aliphatic heterocycles. The predicted octanol–water partition coefficient (Wildman–Crippen LogP) is 4.86. The van der Waals surface area contributed by atoms with Crippen LogP contribution in [0.5, 0.6) is 0 Å². The molecule has 8 heteroatoms. The molecule has 2 aromatic rings. The van der Waals surface area contributed by atoms with Gasteiger partial charge < -0.3 is 15.1 Å². The minimum absolute atomic E-state index is 0.210. The van der Waals surface area contributed by atoms with Crippen molar-refractivity contribution >= 4 is 34.9 Å². The summed E-state index contributed by atoms with van der Waals surface area (Å²) in [6.07, 6.45) is 0.254. The average molecular weight is 424 g/mol. The molecular formula is C20H20Cl2FN3O2. The van der Waals surface area contributed by atoms with Gasteiger partial charge >= 0.3 is 6.03 Å². The molecule has 1 N–H and O–H groups in total. The van der Waals surface area contributed by atoms with Crippen LogP contribution in [0.25, 0.3) is 0 Å². The maximum absolute atomic E-state index is 13.1. The monoisotopic (exact) mass is 423 g/mol. The highest BCUT2D eigenvalue weighted by atomic mass is 35.5. The van der Waals surface area contributed by atoms with E-state index in [4.69, 9.17) is 28.0 Å². The third-order valence-electron chi connectivity index (χ3n) is 4.31. The molecule has 5 nitrogen and oxygen atoms in total. The minimum Gasteiger partial charge on any atom is -0.390 e. The molecule has 1 atom stereocenters. The van der Waals surface area contributed by atoms with Crippen LogP contribution in [0.3, 0.4) is 0 Å². The van der Waals surface area contributed by atoms with E-state index in [2.05, 4.69) is 10.5 Å². The van der Waals surface area contributed by atoms with E-state index in [1.54, 1.807) is 29.2 Å². The Balaban J connectivity index is 1.66. The van der Waals surface area contributed by atoms with Gasteiger partial charge in [-0.05, 0) is 36.8 Å². The lowest BCUT2D eigenvalue weighted by Crippen LogP contribution is -2.43. The second kappa shape index (κ2) is 9.26. The molecule has 28 heavy (non-hydrogen) atoms. The lowest BCUT2D eigenvalue weighted by Gasteiger charge is -2.25. The van der Waals surface area contributed by atoms with Crippen LogP contribution in [0.1, 0.15) is 24.5 Å². The van der Waals surface area contributed by atoms with Gasteiger partial charge in [0.25, 0.3) is 0 Å². The largest absolute Gasteiger partial charge is 0.390 e. The number of rotatable bonds is 6. The summed E-state index contributed by atoms with van der Waals surface area (Å²) >= 11 is 12.0. The topological polar surface area (TPSA) is 53.9 Å². The highest BCUT2D eigenvalue weighted by molar-refractivity contribution is 6.42. The second-order valence-electron chi connectivity index (χ2n) is 6.44. The van der Waals surface area contributed by atoms with E-state index in [0.29, 0.717) is 36.1 Å². The highest BCUT2D eigenvalue weighted by Crippen LogP contribution is 2.26. The van der Waals surface area contributed by atoms with Crippen molar-refractivity contribution in [3.8, 4) is 0 Å². The van der Waals surface area contributed by atoms with Gasteiger partial charge in [-0.15, -0.1) is 0 Å². The maximum atomic E-state index is 13.1. The number of carbonyl (C=O) groups excluding carboxylic acids is 1. The van der Waals surface area contributed by atoms with Gasteiger partial charge in [0.15, 0.2) is 6.10 Å². The number of oxime groups is 1. The summed E-state index contributed by atoms with van der Waals surface area (Å²) in [6.45, 7) is 3.05. The van der Waals surface area contributed by atoms with Crippen molar-refractivity contribution < 1.29 is 14.0 Å². The number of nitrogens with one attached hydrogen (secondary N) is 1. The van der Waals surface area contributed by atoms with E-state index in [0.717, 1.165) is 16.8 Å². The molecule has 2 amide bonds. The molecule has 0 fully saturated rings. The van der Waals surface area contributed by atoms with E-state index < -0.39 is 0 Å². The highest BCUT2D eigenvalue weighted by Gasteiger charge is 2.27. The quantitative estimate of drug-likeness (QED) is 0.721. The molecular weight excluding hydrogens is 404 g/mol. The van der Waals surface area contributed by atoms with E-state index >= 15 is 0 Å². The van der Waals surface area contributed by atoms with E-state index in [1.165, 1.54) is 12.1 Å². The summed E-state index contributed by atoms with van der Waals surface area (Å²) in [4.78, 5) is 19.6. The van der Waals surface area contributed by atoms with Crippen LogP contribution >= 0.6 is 23.2 Å². The summed E-state index contributed by atoms with van der Waals surface area (Å²) in [5.74, 6) is -0.313. The zero-order valence-electron chi connectivity index (χ0n) is 15.3. The smallest absolute Gasteiger partial charge is 0.317 e. The van der Waals surface area contributed by atoms with E-state index in [-0.39, 0.29) is 18.0 Å². The molecule has 0 radical (unpaired) electrons. The summed E-state index contributed by atoms with van der Waals surface area (Å²) in [6, 6.07) is 11.2. The Kier molecular flexibility index (Phi) is 6.75. The van der Waals surface area contributed by atoms with Crippen molar-refractivity contribution in [2.24, 2.45) is 5.16 Å². The summed E-state index contributed by atoms with van der Waals surface area (Å²) in [5.41, 5.74) is 2.41. The van der Waals surface area contributed by atoms with Gasteiger partial charge in [0.2, 0.25) is 0 Å². The molecule has 1 heterocycles. The van der Waals surface area contributed by atoms with Crippen molar-refractivity contribution in [2.45, 2.75) is 26.0 Å². The first-order valence-electron chi connectivity index (χ1n) is 8.91. The Morgan fingerprint density at radius 2 is 2.00 bits per heavy atom. The SMILES string of the molecule is CCNC(=O)N(Cc1ccc(F)cc1)C[C@H]1CC(c2ccc(Cl)c(Cl)c2)=NO1. The van der Waals surface area contributed by atoms with Gasteiger partial charge in [0.05, 0.1) is 22.3 Å². The average Bonchev–Trinajstić information content (AvgIpc) is 3.14. The second-order valence-corrected chi connectivity index (χ2v) is 7.26. The Morgan fingerprint density at radius 3 is 2.68 bits per heavy atom. The van der Waals surface area contributed by atoms with Gasteiger partial charge in [-0.25, -0.2) is 9.18 Å². The van der Waals surface area contributed by atoms with Crippen LogP contribution in [-0.2, 0) is 11.4 Å². The summed E-state index contributed by atoms with van der Waals surface area (Å²) < 4.78 is 13.1. The van der Waals surface area contributed by atoms with Crippen molar-refractivity contribution in [1.82, 2.24) is 10.2 Å². The van der Waals surface area contributed by atoms with Crippen molar-refractivity contribution in [3.63, 3.8) is 0 Å². The van der Waals surface area contributed by atoms with Gasteiger partial charge in [-0.3, -0.25) is 0 Å². The summed E-state index contributed by atoms with van der Waals surface area (Å²) in [5, 5.41) is 7.86. The first-order valence-corrected chi connectivity index (χ1v) is 9.67. The number of urea groups is 1. The first kappa shape index (κ1) is 20.4. The van der Waals surface area contributed by atoms with Crippen LogP contribution in [-0.4, -0.2) is 35.8 Å². The van der Waals surface area contributed by atoms with Crippen LogP contribution in [0.15, 0.2) is 47.6 Å². The van der Waals surface area contributed by atoms with Gasteiger partial charge in [0.1, 0.15) is 5.82 Å². The molecule has 0 saturated heterocycles. The van der Waals surface area contributed by atoms with Gasteiger partial charge in [0, 0.05) is 25.1 Å². The number of hydrogen-bond acceptors (Lipinski definition) is 3. The maximum Gasteiger partial charge on any atom is 0.317 e. The zero-order chi connectivity index (χ0) is 20.1. The third kappa shape index (κ3) is 5.14. The molecule has 0 bridgehead atoms. The molecule has 0 aliphatic carbocycles. The standard InChI is InChI=1S/C20H20Cl2FN3O2/c1-2-24-20(27)26(11-13-3-6-15(23)7-4-13)12-16-10-19(25-28-16)14-5-8-17(21)18(22)9-14/h3-9,16H,2,10-12H2,1H3,(H,24,27)/t16-/m1/s1. The normalized spacial score (nSPS) is 15.7. The Labute approximate surface area is 173 Å². The summed E-state index contributed by atoms with van der Waals surface area (Å²) in [7, 11) is 0. The predicted molar refractivity (Wildman–Crippen MR) is 108 cm³/mol. The lowest BCUT2D eigenvalue weighted by atomic mass is 10.0. The van der Waals surface area contributed by atoms with Crippen LogP contribution in [0.2, 0.25) is 10.0 Å². The molecule has 3 rings (SSSR count). The fraction of sp³-hybridized carbons (Fsp3) is 0.300. The fourth-order valence-corrected chi connectivity index (χ4v) is 3.21. The lowest BCUT2D eigenvalue weighted by molar-refractivity contribution is 0.0590. The molecule has 2 aromatic carbocycles. The third-order valence-corrected chi connectivity index (χ3v) is 5.05. The number of carbonyl (C=O) groups is 1. The number of nitrogens with zero attached hydrogens (tertiary/aromatic N) is 2. The number of benzene rings is 2. The Morgan fingerprint density at radius 1 is 1.25 bits per heavy atom. The number of amides is 2. The van der Waals surface area contributed by atoms with Crippen molar-refractivity contribution in [1.29, 1.82) is 0 Å². The molecule has 0 aromatic heterocycles. The first-order chi connectivity index (χ1) is 13.5. The van der Waals surface area contributed by atoms with Crippen molar-refractivity contribution in [2.75, 3.05) is 13.1 Å². The Hall–Kier alpha value is -2.31. The van der Waals surface area contributed by atoms with Crippen LogP contribution in [0.4, 0.5) is 9.18 Å². The van der Waals surface area contributed by atoms with E-state index in [9.17, 15) is 9.18 Å². The zero-order valence-corrected chi connectivity index (χ0v) is 16.8. The Bertz CT molecular complexity index is 874. The van der Waals surface area contributed by atoms with Crippen molar-refractivity contribution in [3.05, 3.63) is 69.5 Å². The molecule has 0 spiro atoms. The van der Waals surface area contributed by atoms with Gasteiger partial charge in [-0.2, -0.15) is 0 Å². The molecule has 1 aliphatic rings. The molecule has 0 saturated carbocycles. The minimum atomic E-state index is -0.313.